The summed E-state index contributed by atoms with van der Waals surface area (Å²) in [6, 6.07) is 0. The normalized spacial score (nSPS) is 5.40. The molecule has 0 saturated carbocycles. The van der Waals surface area contributed by atoms with Crippen LogP contribution in [0.5, 0.6) is 0 Å². The monoisotopic (exact) mass is 150 g/mol. The van der Waals surface area contributed by atoms with Gasteiger partial charge in [-0.15, -0.1) is 0 Å². The molecule has 0 fully saturated rings. The minimum Gasteiger partial charge on any atom is -0.481 e. The van der Waals surface area contributed by atoms with Gasteiger partial charge >= 0.3 is 0 Å². The molecular formula is C5H10O5. The molecule has 0 rings (SSSR count). The van der Waals surface area contributed by atoms with Crippen LogP contribution in [-0.2, 0) is 14.4 Å². The molecule has 0 saturated heterocycles. The number of carbonyl (C=O) groups excluding carboxylic acids is 1. The van der Waals surface area contributed by atoms with Crippen molar-refractivity contribution >= 4 is 18.7 Å². The van der Waals surface area contributed by atoms with Gasteiger partial charge in [0.05, 0.1) is 0 Å². The third kappa shape index (κ3) is 108. The molecule has 0 aliphatic carbocycles. The van der Waals surface area contributed by atoms with E-state index in [1.807, 2.05) is 6.79 Å². The molecule has 0 aliphatic rings. The van der Waals surface area contributed by atoms with Crippen molar-refractivity contribution in [2.75, 3.05) is 0 Å². The third-order valence-electron chi connectivity index (χ3n) is 0. The van der Waals surface area contributed by atoms with E-state index in [1.54, 1.807) is 0 Å². The van der Waals surface area contributed by atoms with Gasteiger partial charge in [0.25, 0.3) is 11.9 Å². The first-order valence-corrected chi connectivity index (χ1v) is 2.14. The molecule has 60 valence electrons. The quantitative estimate of drug-likeness (QED) is 0.507. The Morgan fingerprint density at radius 3 is 1.00 bits per heavy atom. The Balaban J connectivity index is -0.0000000787. The molecular weight excluding hydrogens is 140 g/mol. The van der Waals surface area contributed by atoms with E-state index in [2.05, 4.69) is 0 Å². The Labute approximate surface area is 58.3 Å². The number of hydrogen-bond donors (Lipinski definition) is 2. The second kappa shape index (κ2) is 15.6. The first kappa shape index (κ1) is 15.8. The van der Waals surface area contributed by atoms with Crippen molar-refractivity contribution in [1.82, 2.24) is 0 Å². The topological polar surface area (TPSA) is 91.7 Å². The molecule has 0 aromatic carbocycles. The predicted octanol–water partition coefficient (Wildman–Crippen LogP) is -0.00310. The number of aliphatic carboxylic acids is 2. The summed E-state index contributed by atoms with van der Waals surface area (Å²) in [6.45, 7) is 4.17. The highest BCUT2D eigenvalue weighted by Crippen LogP contribution is 1.42. The van der Waals surface area contributed by atoms with E-state index in [0.29, 0.717) is 0 Å². The van der Waals surface area contributed by atoms with E-state index < -0.39 is 11.9 Å². The van der Waals surface area contributed by atoms with Crippen molar-refractivity contribution in [2.45, 2.75) is 13.8 Å². The summed E-state index contributed by atoms with van der Waals surface area (Å²) >= 11 is 0. The van der Waals surface area contributed by atoms with Crippen LogP contribution in [0.2, 0.25) is 0 Å². The van der Waals surface area contributed by atoms with E-state index in [-0.39, 0.29) is 0 Å². The Bertz CT molecular complexity index is 78.2. The zero-order valence-corrected chi connectivity index (χ0v) is 5.83. The number of carboxylic acids is 2. The SMILES string of the molecule is C=O.CC(=O)O.CC(=O)O. The molecule has 0 spiro atoms. The van der Waals surface area contributed by atoms with Gasteiger partial charge in [0, 0.05) is 13.8 Å². The molecule has 0 radical (unpaired) electrons. The highest BCUT2D eigenvalue weighted by molar-refractivity contribution is 5.63. The lowest BCUT2D eigenvalue weighted by atomic mass is 10.9. The minimum absolute atomic E-state index is 0.833. The summed E-state index contributed by atoms with van der Waals surface area (Å²) in [4.78, 5) is 26.0. The van der Waals surface area contributed by atoms with Crippen LogP contribution in [0.4, 0.5) is 0 Å². The van der Waals surface area contributed by atoms with Gasteiger partial charge in [0.15, 0.2) is 0 Å². The molecule has 0 heterocycles. The highest BCUT2D eigenvalue weighted by Gasteiger charge is 1.65. The maximum Gasteiger partial charge on any atom is 0.300 e. The molecule has 0 atom stereocenters. The predicted molar refractivity (Wildman–Crippen MR) is 33.7 cm³/mol. The fourth-order valence-corrected chi connectivity index (χ4v) is 0. The van der Waals surface area contributed by atoms with Gasteiger partial charge < -0.3 is 15.0 Å². The van der Waals surface area contributed by atoms with E-state index in [1.165, 1.54) is 0 Å². The zero-order valence-electron chi connectivity index (χ0n) is 5.83. The molecule has 0 aromatic rings. The van der Waals surface area contributed by atoms with Gasteiger partial charge in [-0.2, -0.15) is 0 Å². The highest BCUT2D eigenvalue weighted by atomic mass is 16.4. The molecule has 0 amide bonds. The minimum atomic E-state index is -0.833. The van der Waals surface area contributed by atoms with E-state index in [0.717, 1.165) is 13.8 Å². The second-order valence-electron chi connectivity index (χ2n) is 1.04. The van der Waals surface area contributed by atoms with Crippen molar-refractivity contribution in [1.29, 1.82) is 0 Å². The fraction of sp³-hybridized carbons (Fsp3) is 0.400. The first-order valence-electron chi connectivity index (χ1n) is 2.14. The van der Waals surface area contributed by atoms with Crippen LogP contribution in [0.1, 0.15) is 13.8 Å². The summed E-state index contributed by atoms with van der Waals surface area (Å²) < 4.78 is 0. The van der Waals surface area contributed by atoms with E-state index in [9.17, 15) is 0 Å². The number of carboxylic acid groups (broad SMARTS) is 2. The maximum atomic E-state index is 9.00. The Morgan fingerprint density at radius 1 is 1.00 bits per heavy atom. The van der Waals surface area contributed by atoms with Gasteiger partial charge in [0.1, 0.15) is 6.79 Å². The maximum absolute atomic E-state index is 9.00. The summed E-state index contributed by atoms with van der Waals surface area (Å²) in [6.07, 6.45) is 0. The lowest BCUT2D eigenvalue weighted by molar-refractivity contribution is -0.135. The van der Waals surface area contributed by atoms with Crippen molar-refractivity contribution in [3.63, 3.8) is 0 Å². The first-order chi connectivity index (χ1) is 4.46. The Kier molecular flexibility index (Phi) is 24.8. The lowest BCUT2D eigenvalue weighted by Gasteiger charge is -1.59. The van der Waals surface area contributed by atoms with Crippen LogP contribution in [0.3, 0.4) is 0 Å². The summed E-state index contributed by atoms with van der Waals surface area (Å²) in [5.74, 6) is -1.67. The number of rotatable bonds is 0. The van der Waals surface area contributed by atoms with Crippen LogP contribution < -0.4 is 0 Å². The third-order valence-corrected chi connectivity index (χ3v) is 0. The van der Waals surface area contributed by atoms with Crippen LogP contribution in [0, 0.1) is 0 Å². The lowest BCUT2D eigenvalue weighted by Crippen LogP contribution is -1.78. The molecule has 5 nitrogen and oxygen atoms in total. The molecule has 0 unspecified atom stereocenters. The average Bonchev–Trinajstić information content (AvgIpc) is 1.66. The van der Waals surface area contributed by atoms with Gasteiger partial charge in [-0.1, -0.05) is 0 Å². The zero-order chi connectivity index (χ0) is 9.15. The number of carbonyl (C=O) groups is 3. The molecule has 5 heteroatoms. The van der Waals surface area contributed by atoms with Gasteiger partial charge in [0.2, 0.25) is 0 Å². The largest absolute Gasteiger partial charge is 0.481 e. The van der Waals surface area contributed by atoms with Crippen LogP contribution in [-0.4, -0.2) is 28.9 Å². The number of hydrogen-bond acceptors (Lipinski definition) is 3. The van der Waals surface area contributed by atoms with E-state index in [4.69, 9.17) is 24.6 Å². The standard InChI is InChI=1S/2C2H4O2.CH2O/c2*1-2(3)4;1-2/h2*1H3,(H,3,4);1H2. The Hall–Kier alpha value is -1.39. The van der Waals surface area contributed by atoms with Gasteiger partial charge in [-0.3, -0.25) is 9.59 Å². The smallest absolute Gasteiger partial charge is 0.300 e. The molecule has 0 aliphatic heterocycles. The summed E-state index contributed by atoms with van der Waals surface area (Å²) in [5, 5.41) is 14.8. The van der Waals surface area contributed by atoms with Crippen LogP contribution in [0.25, 0.3) is 0 Å². The van der Waals surface area contributed by atoms with Crippen LogP contribution in [0.15, 0.2) is 0 Å². The van der Waals surface area contributed by atoms with Crippen molar-refractivity contribution < 1.29 is 24.6 Å². The Morgan fingerprint density at radius 2 is 1.00 bits per heavy atom. The molecule has 2 N–H and O–H groups in total. The van der Waals surface area contributed by atoms with Gasteiger partial charge in [-0.25, -0.2) is 0 Å². The molecule has 0 aromatic heterocycles. The van der Waals surface area contributed by atoms with Crippen molar-refractivity contribution in [3.05, 3.63) is 0 Å². The van der Waals surface area contributed by atoms with Crippen molar-refractivity contribution in [3.8, 4) is 0 Å². The average molecular weight is 150 g/mol. The second-order valence-corrected chi connectivity index (χ2v) is 1.04. The van der Waals surface area contributed by atoms with Crippen molar-refractivity contribution in [2.24, 2.45) is 0 Å². The van der Waals surface area contributed by atoms with Gasteiger partial charge in [-0.05, 0) is 0 Å². The molecule has 0 bridgehead atoms. The fourth-order valence-electron chi connectivity index (χ4n) is 0. The summed E-state index contributed by atoms with van der Waals surface area (Å²) in [7, 11) is 0. The van der Waals surface area contributed by atoms with E-state index >= 15 is 0 Å². The van der Waals surface area contributed by atoms with Crippen LogP contribution >= 0.6 is 0 Å². The molecule has 10 heavy (non-hydrogen) atoms. The summed E-state index contributed by atoms with van der Waals surface area (Å²) in [5.41, 5.74) is 0.